The Morgan fingerprint density at radius 1 is 1.28 bits per heavy atom. The largest absolute Gasteiger partial charge is 0.478 e. The number of hydrogen-bond donors (Lipinski definition) is 1. The first-order chi connectivity index (χ1) is 8.56. The minimum Gasteiger partial charge on any atom is -0.478 e. The van der Waals surface area contributed by atoms with Crippen LogP contribution in [0.25, 0.3) is 11.8 Å². The normalized spacial score (nSPS) is 11.0. The molecule has 0 spiro atoms. The van der Waals surface area contributed by atoms with Gasteiger partial charge in [-0.15, -0.1) is 0 Å². The van der Waals surface area contributed by atoms with E-state index in [1.54, 1.807) is 10.8 Å². The molecule has 5 heteroatoms. The summed E-state index contributed by atoms with van der Waals surface area (Å²) in [5.41, 5.74) is 1.73. The molecule has 1 aromatic heterocycles. The van der Waals surface area contributed by atoms with Crippen LogP contribution >= 0.6 is 0 Å². The van der Waals surface area contributed by atoms with Crippen molar-refractivity contribution in [2.24, 2.45) is 0 Å². The van der Waals surface area contributed by atoms with E-state index >= 15 is 0 Å². The third-order valence-electron chi connectivity index (χ3n) is 2.43. The number of hydrogen-bond acceptors (Lipinski definition) is 3. The summed E-state index contributed by atoms with van der Waals surface area (Å²) in [4.78, 5) is 14.6. The van der Waals surface area contributed by atoms with Gasteiger partial charge in [-0.05, 0) is 37.6 Å². The number of carboxylic acids is 1. The van der Waals surface area contributed by atoms with E-state index in [1.165, 1.54) is 0 Å². The van der Waals surface area contributed by atoms with Crippen LogP contribution < -0.4 is 0 Å². The van der Waals surface area contributed by atoms with Crippen LogP contribution in [0.4, 0.5) is 0 Å². The number of rotatable bonds is 3. The summed E-state index contributed by atoms with van der Waals surface area (Å²) in [6.45, 7) is 3.73. The predicted molar refractivity (Wildman–Crippen MR) is 67.5 cm³/mol. The van der Waals surface area contributed by atoms with Gasteiger partial charge in [-0.2, -0.15) is 5.10 Å². The average molecular weight is 243 g/mol. The van der Waals surface area contributed by atoms with Crippen LogP contribution in [0.2, 0.25) is 0 Å². The molecule has 0 bridgehead atoms. The summed E-state index contributed by atoms with van der Waals surface area (Å²) in [6, 6.07) is 7.43. The van der Waals surface area contributed by atoms with Crippen molar-refractivity contribution in [2.45, 2.75) is 13.8 Å². The Labute approximate surface area is 104 Å². The molecule has 0 unspecified atom stereocenters. The van der Waals surface area contributed by atoms with Gasteiger partial charge in [-0.1, -0.05) is 12.1 Å². The SMILES string of the molecule is Cc1nc(C)n(-c2ccc(C=CC(=O)O)cc2)n1. The highest BCUT2D eigenvalue weighted by molar-refractivity contribution is 5.85. The van der Waals surface area contributed by atoms with E-state index in [9.17, 15) is 4.79 Å². The topological polar surface area (TPSA) is 68.0 Å². The molecule has 1 N–H and O–H groups in total. The van der Waals surface area contributed by atoms with E-state index in [1.807, 2.05) is 38.1 Å². The van der Waals surface area contributed by atoms with Gasteiger partial charge < -0.3 is 5.11 Å². The summed E-state index contributed by atoms with van der Waals surface area (Å²) in [7, 11) is 0. The molecule has 0 atom stereocenters. The highest BCUT2D eigenvalue weighted by atomic mass is 16.4. The molecule has 92 valence electrons. The highest BCUT2D eigenvalue weighted by Crippen LogP contribution is 2.12. The number of aliphatic carboxylic acids is 1. The summed E-state index contributed by atoms with van der Waals surface area (Å²) in [5, 5.41) is 12.8. The molecule has 0 radical (unpaired) electrons. The van der Waals surface area contributed by atoms with E-state index < -0.39 is 5.97 Å². The quantitative estimate of drug-likeness (QED) is 0.837. The molecule has 0 amide bonds. The maximum atomic E-state index is 10.4. The molecule has 2 rings (SSSR count). The van der Waals surface area contributed by atoms with Gasteiger partial charge in [-0.3, -0.25) is 0 Å². The van der Waals surface area contributed by atoms with Crippen molar-refractivity contribution >= 4 is 12.0 Å². The molecule has 0 fully saturated rings. The molecule has 0 aliphatic rings. The number of aryl methyl sites for hydroxylation is 2. The number of benzene rings is 1. The second-order valence-corrected chi connectivity index (χ2v) is 3.88. The summed E-state index contributed by atoms with van der Waals surface area (Å²) >= 11 is 0. The van der Waals surface area contributed by atoms with Gasteiger partial charge in [0.1, 0.15) is 11.6 Å². The van der Waals surface area contributed by atoms with Crippen LogP contribution in [0.5, 0.6) is 0 Å². The molecule has 1 heterocycles. The zero-order valence-corrected chi connectivity index (χ0v) is 10.2. The van der Waals surface area contributed by atoms with Gasteiger partial charge in [0.2, 0.25) is 0 Å². The zero-order chi connectivity index (χ0) is 13.1. The number of aromatic nitrogens is 3. The average Bonchev–Trinajstić information content (AvgIpc) is 2.66. The summed E-state index contributed by atoms with van der Waals surface area (Å²) in [5.74, 6) is 0.588. The molecular weight excluding hydrogens is 230 g/mol. The first kappa shape index (κ1) is 12.0. The van der Waals surface area contributed by atoms with Crippen LogP contribution in [-0.4, -0.2) is 25.8 Å². The van der Waals surface area contributed by atoms with Gasteiger partial charge in [0, 0.05) is 6.08 Å². The van der Waals surface area contributed by atoms with E-state index in [0.717, 1.165) is 29.0 Å². The third kappa shape index (κ3) is 2.63. The maximum absolute atomic E-state index is 10.4. The smallest absolute Gasteiger partial charge is 0.328 e. The lowest BCUT2D eigenvalue weighted by atomic mass is 10.2. The monoisotopic (exact) mass is 243 g/mol. The van der Waals surface area contributed by atoms with Crippen LogP contribution in [0, 0.1) is 13.8 Å². The molecule has 1 aromatic carbocycles. The molecule has 0 aliphatic heterocycles. The predicted octanol–water partition coefficient (Wildman–Crippen LogP) is 1.98. The van der Waals surface area contributed by atoms with Gasteiger partial charge in [0.05, 0.1) is 5.69 Å². The lowest BCUT2D eigenvalue weighted by molar-refractivity contribution is -0.131. The highest BCUT2D eigenvalue weighted by Gasteiger charge is 2.04. The molecule has 5 nitrogen and oxygen atoms in total. The van der Waals surface area contributed by atoms with E-state index in [0.29, 0.717) is 0 Å². The standard InChI is InChI=1S/C13H13N3O2/c1-9-14-10(2)16(15-9)12-6-3-11(4-7-12)5-8-13(17)18/h3-8H,1-2H3,(H,17,18). The lowest BCUT2D eigenvalue weighted by Gasteiger charge is -2.02. The summed E-state index contributed by atoms with van der Waals surface area (Å²) in [6.07, 6.45) is 2.66. The minimum atomic E-state index is -0.957. The Hall–Kier alpha value is -2.43. The fraction of sp³-hybridized carbons (Fsp3) is 0.154. The van der Waals surface area contributed by atoms with Crippen molar-refractivity contribution in [1.29, 1.82) is 0 Å². The second-order valence-electron chi connectivity index (χ2n) is 3.88. The Kier molecular flexibility index (Phi) is 3.23. The van der Waals surface area contributed by atoms with Crippen LogP contribution in [-0.2, 0) is 4.79 Å². The van der Waals surface area contributed by atoms with Crippen molar-refractivity contribution < 1.29 is 9.90 Å². The van der Waals surface area contributed by atoms with Gasteiger partial charge in [0.15, 0.2) is 0 Å². The van der Waals surface area contributed by atoms with E-state index in [-0.39, 0.29) is 0 Å². The van der Waals surface area contributed by atoms with E-state index in [2.05, 4.69) is 10.1 Å². The van der Waals surface area contributed by atoms with Gasteiger partial charge in [0.25, 0.3) is 0 Å². The molecule has 0 saturated heterocycles. The summed E-state index contributed by atoms with van der Waals surface area (Å²) < 4.78 is 1.75. The third-order valence-corrected chi connectivity index (χ3v) is 2.43. The number of carboxylic acid groups (broad SMARTS) is 1. The Morgan fingerprint density at radius 3 is 2.44 bits per heavy atom. The van der Waals surface area contributed by atoms with Crippen LogP contribution in [0.1, 0.15) is 17.2 Å². The fourth-order valence-corrected chi connectivity index (χ4v) is 1.66. The van der Waals surface area contributed by atoms with Crippen molar-refractivity contribution in [3.05, 3.63) is 47.6 Å². The fourth-order valence-electron chi connectivity index (χ4n) is 1.66. The van der Waals surface area contributed by atoms with Gasteiger partial charge >= 0.3 is 5.97 Å². The lowest BCUT2D eigenvalue weighted by Crippen LogP contribution is -1.98. The molecule has 0 aliphatic carbocycles. The Morgan fingerprint density at radius 2 is 1.94 bits per heavy atom. The van der Waals surface area contributed by atoms with Gasteiger partial charge in [-0.25, -0.2) is 14.5 Å². The van der Waals surface area contributed by atoms with Crippen molar-refractivity contribution in [3.63, 3.8) is 0 Å². The minimum absolute atomic E-state index is 0.724. The van der Waals surface area contributed by atoms with E-state index in [4.69, 9.17) is 5.11 Å². The number of carbonyl (C=O) groups is 1. The Bertz CT molecular complexity index is 597. The molecule has 18 heavy (non-hydrogen) atoms. The van der Waals surface area contributed by atoms with Crippen molar-refractivity contribution in [3.8, 4) is 5.69 Å². The molecule has 0 saturated carbocycles. The zero-order valence-electron chi connectivity index (χ0n) is 10.2. The first-order valence-electron chi connectivity index (χ1n) is 5.48. The van der Waals surface area contributed by atoms with Crippen molar-refractivity contribution in [1.82, 2.24) is 14.8 Å². The van der Waals surface area contributed by atoms with Crippen LogP contribution in [0.15, 0.2) is 30.3 Å². The molecule has 2 aromatic rings. The van der Waals surface area contributed by atoms with Crippen LogP contribution in [0.3, 0.4) is 0 Å². The first-order valence-corrected chi connectivity index (χ1v) is 5.48. The van der Waals surface area contributed by atoms with Crippen molar-refractivity contribution in [2.75, 3.05) is 0 Å². The second kappa shape index (κ2) is 4.83. The Balaban J connectivity index is 2.27. The molecular formula is C13H13N3O2. The number of nitrogens with zero attached hydrogens (tertiary/aromatic N) is 3. The maximum Gasteiger partial charge on any atom is 0.328 e.